The molecule has 2 heterocycles. The van der Waals surface area contributed by atoms with Gasteiger partial charge in [-0.25, -0.2) is 4.98 Å². The van der Waals surface area contributed by atoms with Crippen LogP contribution >= 0.6 is 0 Å². The number of imidazole rings is 1. The average molecular weight is 230 g/mol. The zero-order chi connectivity index (χ0) is 12.3. The summed E-state index contributed by atoms with van der Waals surface area (Å²) in [7, 11) is 0. The van der Waals surface area contributed by atoms with E-state index in [1.54, 1.807) is 6.33 Å². The van der Waals surface area contributed by atoms with Gasteiger partial charge >= 0.3 is 0 Å². The lowest BCUT2D eigenvalue weighted by molar-refractivity contribution is -0.709. The highest BCUT2D eigenvalue weighted by Gasteiger charge is 2.13. The lowest BCUT2D eigenvalue weighted by Gasteiger charge is -2.06. The molecule has 0 spiro atoms. The van der Waals surface area contributed by atoms with Crippen LogP contribution in [0.4, 0.5) is 0 Å². The van der Waals surface area contributed by atoms with Crippen molar-refractivity contribution in [2.24, 2.45) is 0 Å². The van der Waals surface area contributed by atoms with Gasteiger partial charge in [0.2, 0.25) is 0 Å². The van der Waals surface area contributed by atoms with Crippen molar-refractivity contribution in [1.29, 1.82) is 0 Å². The van der Waals surface area contributed by atoms with Gasteiger partial charge in [-0.2, -0.15) is 4.57 Å². The predicted molar refractivity (Wildman–Crippen MR) is 67.8 cm³/mol. The fourth-order valence-corrected chi connectivity index (χ4v) is 2.28. The van der Waals surface area contributed by atoms with E-state index < -0.39 is 0 Å². The minimum Gasteiger partial charge on any atom is -0.348 e. The zero-order valence-corrected chi connectivity index (χ0v) is 10.8. The fraction of sp³-hybridized carbons (Fsp3) is 0.429. The van der Waals surface area contributed by atoms with Crippen molar-refractivity contribution in [3.8, 4) is 0 Å². The molecule has 2 rings (SSSR count). The average Bonchev–Trinajstić information content (AvgIpc) is 2.79. The van der Waals surface area contributed by atoms with Crippen LogP contribution in [0.5, 0.6) is 0 Å². The van der Waals surface area contributed by atoms with E-state index in [-0.39, 0.29) is 0 Å². The molecule has 0 atom stereocenters. The van der Waals surface area contributed by atoms with Crippen LogP contribution in [0.3, 0.4) is 0 Å². The van der Waals surface area contributed by atoms with Crippen molar-refractivity contribution in [1.82, 2.24) is 9.97 Å². The predicted octanol–water partition coefficient (Wildman–Crippen LogP) is 2.12. The molecule has 0 radical (unpaired) electrons. The lowest BCUT2D eigenvalue weighted by atomic mass is 10.1. The molecule has 0 unspecified atom stereocenters. The van der Waals surface area contributed by atoms with Crippen molar-refractivity contribution in [3.05, 3.63) is 47.3 Å². The molecule has 1 N–H and O–H groups in total. The monoisotopic (exact) mass is 230 g/mol. The smallest absolute Gasteiger partial charge is 0.181 e. The summed E-state index contributed by atoms with van der Waals surface area (Å²) in [5.74, 6) is 0. The summed E-state index contributed by atoms with van der Waals surface area (Å²) in [5, 5.41) is 0. The van der Waals surface area contributed by atoms with Gasteiger partial charge in [0.25, 0.3) is 0 Å². The van der Waals surface area contributed by atoms with Gasteiger partial charge in [-0.1, -0.05) is 6.92 Å². The number of hydrogen-bond donors (Lipinski definition) is 1. The molecule has 0 bridgehead atoms. The molecule has 0 aromatic carbocycles. The first-order valence-electron chi connectivity index (χ1n) is 6.18. The molecule has 90 valence electrons. The Morgan fingerprint density at radius 2 is 2.12 bits per heavy atom. The van der Waals surface area contributed by atoms with Crippen molar-refractivity contribution in [3.63, 3.8) is 0 Å². The maximum Gasteiger partial charge on any atom is 0.181 e. The van der Waals surface area contributed by atoms with Gasteiger partial charge in [-0.3, -0.25) is 0 Å². The summed E-state index contributed by atoms with van der Waals surface area (Å²) >= 11 is 0. The molecular formula is C14H20N3+. The van der Waals surface area contributed by atoms with E-state index in [4.69, 9.17) is 0 Å². The Morgan fingerprint density at radius 3 is 2.76 bits per heavy atom. The second-order valence-corrected chi connectivity index (χ2v) is 4.50. The van der Waals surface area contributed by atoms with Crippen LogP contribution < -0.4 is 4.57 Å². The summed E-state index contributed by atoms with van der Waals surface area (Å²) in [5.41, 5.74) is 5.28. The third kappa shape index (κ3) is 2.73. The maximum atomic E-state index is 4.05. The SMILES string of the molecule is CCc1cc(C)cc(C)[n+]1CCc1cnc[nH]1. The Morgan fingerprint density at radius 1 is 1.29 bits per heavy atom. The van der Waals surface area contributed by atoms with Crippen molar-refractivity contribution in [2.45, 2.75) is 40.2 Å². The summed E-state index contributed by atoms with van der Waals surface area (Å²) in [6.45, 7) is 7.56. The van der Waals surface area contributed by atoms with Gasteiger partial charge in [0.1, 0.15) is 0 Å². The molecule has 2 aromatic rings. The normalized spacial score (nSPS) is 10.8. The van der Waals surface area contributed by atoms with Crippen LogP contribution in [0.15, 0.2) is 24.7 Å². The van der Waals surface area contributed by atoms with Crippen LogP contribution in [0, 0.1) is 13.8 Å². The molecule has 0 aliphatic carbocycles. The van der Waals surface area contributed by atoms with Crippen molar-refractivity contribution < 1.29 is 4.57 Å². The highest BCUT2D eigenvalue weighted by molar-refractivity contribution is 5.14. The molecule has 3 heteroatoms. The summed E-state index contributed by atoms with van der Waals surface area (Å²) in [6, 6.07) is 4.52. The largest absolute Gasteiger partial charge is 0.348 e. The van der Waals surface area contributed by atoms with E-state index in [0.717, 1.165) is 19.4 Å². The van der Waals surface area contributed by atoms with Gasteiger partial charge in [0.15, 0.2) is 17.9 Å². The van der Waals surface area contributed by atoms with E-state index in [1.165, 1.54) is 22.6 Å². The Labute approximate surface area is 103 Å². The maximum absolute atomic E-state index is 4.05. The van der Waals surface area contributed by atoms with Gasteiger partial charge in [-0.15, -0.1) is 0 Å². The van der Waals surface area contributed by atoms with E-state index in [2.05, 4.69) is 47.4 Å². The molecular weight excluding hydrogens is 210 g/mol. The molecule has 0 aliphatic heterocycles. The Balaban J connectivity index is 2.19. The quantitative estimate of drug-likeness (QED) is 0.802. The molecule has 0 amide bonds. The van der Waals surface area contributed by atoms with Crippen LogP contribution in [-0.2, 0) is 19.4 Å². The number of aromatic amines is 1. The van der Waals surface area contributed by atoms with E-state index in [0.29, 0.717) is 0 Å². The van der Waals surface area contributed by atoms with E-state index in [9.17, 15) is 0 Å². The molecule has 2 aromatic heterocycles. The van der Waals surface area contributed by atoms with Gasteiger partial charge < -0.3 is 4.98 Å². The first kappa shape index (κ1) is 11.8. The molecule has 0 aliphatic rings. The number of aromatic nitrogens is 3. The Kier molecular flexibility index (Phi) is 3.57. The first-order chi connectivity index (χ1) is 8.20. The van der Waals surface area contributed by atoms with Gasteiger partial charge in [0.05, 0.1) is 6.33 Å². The number of nitrogens with one attached hydrogen (secondary N) is 1. The summed E-state index contributed by atoms with van der Waals surface area (Å²) in [6.07, 6.45) is 5.71. The van der Waals surface area contributed by atoms with E-state index in [1.807, 2.05) is 6.20 Å². The second kappa shape index (κ2) is 5.13. The van der Waals surface area contributed by atoms with Crippen molar-refractivity contribution >= 4 is 0 Å². The van der Waals surface area contributed by atoms with Crippen LogP contribution in [-0.4, -0.2) is 9.97 Å². The highest BCUT2D eigenvalue weighted by atomic mass is 15.0. The lowest BCUT2D eigenvalue weighted by Crippen LogP contribution is -2.42. The second-order valence-electron chi connectivity index (χ2n) is 4.50. The van der Waals surface area contributed by atoms with E-state index >= 15 is 0 Å². The summed E-state index contributed by atoms with van der Waals surface area (Å²) in [4.78, 5) is 7.20. The minimum absolute atomic E-state index is 1.00. The Bertz CT molecular complexity index is 486. The molecule has 0 fully saturated rings. The van der Waals surface area contributed by atoms with Gasteiger partial charge in [-0.05, 0) is 12.5 Å². The van der Waals surface area contributed by atoms with Crippen LogP contribution in [0.2, 0.25) is 0 Å². The van der Waals surface area contributed by atoms with Crippen LogP contribution in [0.1, 0.15) is 29.6 Å². The number of nitrogens with zero attached hydrogens (tertiary/aromatic N) is 2. The fourth-order valence-electron chi connectivity index (χ4n) is 2.28. The number of pyridine rings is 1. The number of aryl methyl sites for hydroxylation is 4. The highest BCUT2D eigenvalue weighted by Crippen LogP contribution is 2.04. The number of rotatable bonds is 4. The van der Waals surface area contributed by atoms with Crippen LogP contribution in [0.25, 0.3) is 0 Å². The number of H-pyrrole nitrogens is 1. The molecule has 0 saturated carbocycles. The van der Waals surface area contributed by atoms with Crippen molar-refractivity contribution in [2.75, 3.05) is 0 Å². The number of hydrogen-bond acceptors (Lipinski definition) is 1. The third-order valence-corrected chi connectivity index (χ3v) is 3.13. The summed E-state index contributed by atoms with van der Waals surface area (Å²) < 4.78 is 2.40. The minimum atomic E-state index is 1.00. The third-order valence-electron chi connectivity index (χ3n) is 3.13. The molecule has 0 saturated heterocycles. The first-order valence-corrected chi connectivity index (χ1v) is 6.18. The topological polar surface area (TPSA) is 32.6 Å². The standard InChI is InChI=1S/C14H20N3/c1-4-14-8-11(2)7-12(3)17(14)6-5-13-9-15-10-16-13/h7-10H,4-6H2,1-3H3,(H,15,16)/q+1. The molecule has 3 nitrogen and oxygen atoms in total. The Hall–Kier alpha value is -1.64. The zero-order valence-electron chi connectivity index (χ0n) is 10.8. The molecule has 17 heavy (non-hydrogen) atoms. The van der Waals surface area contributed by atoms with Gasteiger partial charge in [0, 0.05) is 43.8 Å².